The highest BCUT2D eigenvalue weighted by molar-refractivity contribution is 9.11. The predicted molar refractivity (Wildman–Crippen MR) is 114 cm³/mol. The monoisotopic (exact) mass is 496 g/mol. The van der Waals surface area contributed by atoms with Gasteiger partial charge < -0.3 is 15.4 Å². The van der Waals surface area contributed by atoms with Crippen LogP contribution in [0.1, 0.15) is 36.2 Å². The summed E-state index contributed by atoms with van der Waals surface area (Å²) in [6.45, 7) is 5.72. The Hall–Kier alpha value is -1.86. The molecule has 5 nitrogen and oxygen atoms in total. The SMILES string of the molecule is CCC(C)NC(=O)c1cccc(NC(=O)COc2c(C)cc(Br)cc2Br)c1. The highest BCUT2D eigenvalue weighted by Crippen LogP contribution is 2.32. The van der Waals surface area contributed by atoms with Crippen molar-refractivity contribution < 1.29 is 14.3 Å². The molecule has 2 aromatic carbocycles. The van der Waals surface area contributed by atoms with Crippen molar-refractivity contribution in [3.05, 3.63) is 56.5 Å². The summed E-state index contributed by atoms with van der Waals surface area (Å²) < 4.78 is 7.34. The van der Waals surface area contributed by atoms with Crippen molar-refractivity contribution in [2.75, 3.05) is 11.9 Å². The molecule has 0 bridgehead atoms. The molecule has 144 valence electrons. The molecular weight excluding hydrogens is 476 g/mol. The molecule has 2 amide bonds. The number of hydrogen-bond donors (Lipinski definition) is 2. The number of benzene rings is 2. The van der Waals surface area contributed by atoms with Crippen molar-refractivity contribution in [2.24, 2.45) is 0 Å². The van der Waals surface area contributed by atoms with E-state index in [0.29, 0.717) is 17.0 Å². The zero-order valence-corrected chi connectivity index (χ0v) is 18.6. The molecule has 2 rings (SSSR count). The topological polar surface area (TPSA) is 67.4 Å². The quantitative estimate of drug-likeness (QED) is 0.561. The van der Waals surface area contributed by atoms with Crippen LogP contribution < -0.4 is 15.4 Å². The fourth-order valence-electron chi connectivity index (χ4n) is 2.35. The van der Waals surface area contributed by atoms with Gasteiger partial charge in [-0.15, -0.1) is 0 Å². The number of nitrogens with one attached hydrogen (secondary N) is 2. The van der Waals surface area contributed by atoms with Crippen molar-refractivity contribution >= 4 is 49.4 Å². The van der Waals surface area contributed by atoms with Crippen molar-refractivity contribution in [1.82, 2.24) is 5.32 Å². The third-order valence-electron chi connectivity index (χ3n) is 3.94. The van der Waals surface area contributed by atoms with Gasteiger partial charge in [0.05, 0.1) is 4.47 Å². The minimum absolute atomic E-state index is 0.0942. The lowest BCUT2D eigenvalue weighted by molar-refractivity contribution is -0.118. The highest BCUT2D eigenvalue weighted by atomic mass is 79.9. The minimum atomic E-state index is -0.302. The van der Waals surface area contributed by atoms with Gasteiger partial charge in [0.2, 0.25) is 0 Å². The van der Waals surface area contributed by atoms with Gasteiger partial charge in [0.15, 0.2) is 6.61 Å². The molecule has 0 spiro atoms. The summed E-state index contributed by atoms with van der Waals surface area (Å²) in [4.78, 5) is 24.4. The molecule has 27 heavy (non-hydrogen) atoms. The number of carbonyl (C=O) groups is 2. The molecule has 0 aliphatic heterocycles. The first kappa shape index (κ1) is 21.4. The van der Waals surface area contributed by atoms with Crippen LogP contribution in [0.4, 0.5) is 5.69 Å². The van der Waals surface area contributed by atoms with Crippen LogP contribution in [-0.2, 0) is 4.79 Å². The Labute approximate surface area is 176 Å². The molecule has 0 saturated carbocycles. The van der Waals surface area contributed by atoms with Crippen molar-refractivity contribution in [3.63, 3.8) is 0 Å². The molecule has 0 aliphatic rings. The summed E-state index contributed by atoms with van der Waals surface area (Å²) >= 11 is 6.85. The lowest BCUT2D eigenvalue weighted by Crippen LogP contribution is -2.32. The molecule has 0 saturated heterocycles. The van der Waals surface area contributed by atoms with Crippen LogP contribution in [0.2, 0.25) is 0 Å². The molecule has 0 aliphatic carbocycles. The van der Waals surface area contributed by atoms with E-state index < -0.39 is 0 Å². The van der Waals surface area contributed by atoms with E-state index in [4.69, 9.17) is 4.74 Å². The zero-order valence-electron chi connectivity index (χ0n) is 15.4. The van der Waals surface area contributed by atoms with Crippen molar-refractivity contribution in [3.8, 4) is 5.75 Å². The number of hydrogen-bond acceptors (Lipinski definition) is 3. The van der Waals surface area contributed by atoms with Crippen LogP contribution in [0.15, 0.2) is 45.3 Å². The van der Waals surface area contributed by atoms with Crippen LogP contribution >= 0.6 is 31.9 Å². The number of anilines is 1. The van der Waals surface area contributed by atoms with Gasteiger partial charge in [-0.3, -0.25) is 9.59 Å². The molecule has 0 aromatic heterocycles. The minimum Gasteiger partial charge on any atom is -0.482 e. The summed E-state index contributed by atoms with van der Waals surface area (Å²) in [6, 6.07) is 10.7. The van der Waals surface area contributed by atoms with Crippen molar-refractivity contribution in [2.45, 2.75) is 33.2 Å². The second-order valence-corrected chi connectivity index (χ2v) is 8.00. The number of amides is 2. The van der Waals surface area contributed by atoms with Crippen LogP contribution in [0, 0.1) is 6.92 Å². The zero-order chi connectivity index (χ0) is 20.0. The van der Waals surface area contributed by atoms with E-state index in [1.807, 2.05) is 32.9 Å². The predicted octanol–water partition coefficient (Wildman–Crippen LogP) is 5.07. The lowest BCUT2D eigenvalue weighted by Gasteiger charge is -2.13. The first-order valence-electron chi connectivity index (χ1n) is 8.59. The van der Waals surface area contributed by atoms with E-state index in [2.05, 4.69) is 42.5 Å². The molecule has 2 aromatic rings. The Morgan fingerprint density at radius 2 is 1.93 bits per heavy atom. The maximum Gasteiger partial charge on any atom is 0.262 e. The van der Waals surface area contributed by atoms with E-state index in [0.717, 1.165) is 20.9 Å². The fourth-order valence-corrected chi connectivity index (χ4v) is 3.91. The summed E-state index contributed by atoms with van der Waals surface area (Å²) in [7, 11) is 0. The molecule has 2 N–H and O–H groups in total. The maximum atomic E-state index is 12.2. The molecule has 7 heteroatoms. The third-order valence-corrected chi connectivity index (χ3v) is 4.99. The van der Waals surface area contributed by atoms with Crippen LogP contribution in [-0.4, -0.2) is 24.5 Å². The largest absolute Gasteiger partial charge is 0.482 e. The molecule has 0 radical (unpaired) electrons. The number of carbonyl (C=O) groups excluding carboxylic acids is 2. The normalized spacial score (nSPS) is 11.6. The Morgan fingerprint density at radius 3 is 2.59 bits per heavy atom. The average molecular weight is 498 g/mol. The van der Waals surface area contributed by atoms with Crippen LogP contribution in [0.3, 0.4) is 0 Å². The summed E-state index contributed by atoms with van der Waals surface area (Å²) in [5.74, 6) is 0.157. The smallest absolute Gasteiger partial charge is 0.262 e. The van der Waals surface area contributed by atoms with Gasteiger partial charge in [0, 0.05) is 21.8 Å². The summed E-state index contributed by atoms with van der Waals surface area (Å²) in [5.41, 5.74) is 1.96. The molecule has 0 fully saturated rings. The molecular formula is C20H22Br2N2O3. The highest BCUT2D eigenvalue weighted by Gasteiger charge is 2.12. The van der Waals surface area contributed by atoms with Gasteiger partial charge in [-0.05, 0) is 72.1 Å². The summed E-state index contributed by atoms with van der Waals surface area (Å²) in [6.07, 6.45) is 0.852. The molecule has 1 unspecified atom stereocenters. The standard InChI is InChI=1S/C20H22Br2N2O3/c1-4-13(3)23-20(26)14-6-5-7-16(9-14)24-18(25)11-27-19-12(2)8-15(21)10-17(19)22/h5-10,13H,4,11H2,1-3H3,(H,23,26)(H,24,25). The average Bonchev–Trinajstić information content (AvgIpc) is 2.60. The Kier molecular flexibility index (Phi) is 7.86. The molecule has 1 atom stereocenters. The van der Waals surface area contributed by atoms with Gasteiger partial charge in [-0.1, -0.05) is 28.9 Å². The second kappa shape index (κ2) is 9.90. The van der Waals surface area contributed by atoms with E-state index in [9.17, 15) is 9.59 Å². The number of halogens is 2. The van der Waals surface area contributed by atoms with E-state index in [1.54, 1.807) is 24.3 Å². The number of rotatable bonds is 7. The maximum absolute atomic E-state index is 12.2. The summed E-state index contributed by atoms with van der Waals surface area (Å²) in [5, 5.41) is 5.66. The fraction of sp³-hybridized carbons (Fsp3) is 0.300. The first-order valence-corrected chi connectivity index (χ1v) is 10.2. The van der Waals surface area contributed by atoms with Crippen LogP contribution in [0.5, 0.6) is 5.75 Å². The number of aryl methyl sites for hydroxylation is 1. The lowest BCUT2D eigenvalue weighted by atomic mass is 10.1. The molecule has 0 heterocycles. The van der Waals surface area contributed by atoms with Gasteiger partial charge in [0.25, 0.3) is 11.8 Å². The Bertz CT molecular complexity index is 817. The van der Waals surface area contributed by atoms with Gasteiger partial charge in [0.1, 0.15) is 5.75 Å². The first-order chi connectivity index (χ1) is 12.8. The van der Waals surface area contributed by atoms with Gasteiger partial charge >= 0.3 is 0 Å². The van der Waals surface area contributed by atoms with Gasteiger partial charge in [-0.25, -0.2) is 0 Å². The van der Waals surface area contributed by atoms with Crippen molar-refractivity contribution in [1.29, 1.82) is 0 Å². The van der Waals surface area contributed by atoms with E-state index >= 15 is 0 Å². The van der Waals surface area contributed by atoms with Crippen LogP contribution in [0.25, 0.3) is 0 Å². The Balaban J connectivity index is 1.98. The second-order valence-electron chi connectivity index (χ2n) is 6.23. The third kappa shape index (κ3) is 6.36. The van der Waals surface area contributed by atoms with E-state index in [1.165, 1.54) is 0 Å². The van der Waals surface area contributed by atoms with Gasteiger partial charge in [-0.2, -0.15) is 0 Å². The number of ether oxygens (including phenoxy) is 1. The van der Waals surface area contributed by atoms with E-state index in [-0.39, 0.29) is 24.5 Å². The Morgan fingerprint density at radius 1 is 1.19 bits per heavy atom.